The molecule has 1 aromatic heterocycles. The van der Waals surface area contributed by atoms with E-state index in [0.717, 1.165) is 5.56 Å². The number of carbonyl (C=O) groups excluding carboxylic acids is 1. The third-order valence-electron chi connectivity index (χ3n) is 2.96. The van der Waals surface area contributed by atoms with Gasteiger partial charge in [-0.3, -0.25) is 4.79 Å². The lowest BCUT2D eigenvalue weighted by Gasteiger charge is -2.14. The van der Waals surface area contributed by atoms with E-state index >= 15 is 0 Å². The number of amides is 1. The number of rotatable bonds is 3. The van der Waals surface area contributed by atoms with Crippen LogP contribution >= 0.6 is 23.2 Å². The monoisotopic (exact) mass is 308 g/mol. The third kappa shape index (κ3) is 2.48. The van der Waals surface area contributed by atoms with Crippen molar-refractivity contribution in [2.45, 2.75) is 13.0 Å². The van der Waals surface area contributed by atoms with Crippen LogP contribution in [0.15, 0.2) is 24.4 Å². The van der Waals surface area contributed by atoms with Crippen LogP contribution in [0, 0.1) is 11.3 Å². The maximum Gasteiger partial charge on any atom is 0.253 e. The predicted octanol–water partition coefficient (Wildman–Crippen LogP) is 2.77. The summed E-state index contributed by atoms with van der Waals surface area (Å²) in [4.78, 5) is 11.2. The molecule has 0 aliphatic heterocycles. The van der Waals surface area contributed by atoms with Crippen molar-refractivity contribution >= 4 is 29.1 Å². The van der Waals surface area contributed by atoms with Crippen LogP contribution < -0.4 is 5.73 Å². The SMILES string of the molecule is CC(c1ccc(Cl)c(Cl)c1)n1ncc(C(N)=O)c1C#N. The normalized spacial score (nSPS) is 11.9. The van der Waals surface area contributed by atoms with E-state index in [4.69, 9.17) is 34.2 Å². The van der Waals surface area contributed by atoms with E-state index < -0.39 is 5.91 Å². The number of aromatic nitrogens is 2. The lowest BCUT2D eigenvalue weighted by Crippen LogP contribution is -2.15. The minimum absolute atomic E-state index is 0.0967. The van der Waals surface area contributed by atoms with Crippen molar-refractivity contribution in [3.05, 3.63) is 51.3 Å². The van der Waals surface area contributed by atoms with Gasteiger partial charge in [0.25, 0.3) is 5.91 Å². The maximum absolute atomic E-state index is 11.2. The first-order chi connectivity index (χ1) is 9.45. The van der Waals surface area contributed by atoms with Crippen molar-refractivity contribution in [3.63, 3.8) is 0 Å². The van der Waals surface area contributed by atoms with E-state index in [1.807, 2.05) is 13.0 Å². The third-order valence-corrected chi connectivity index (χ3v) is 3.70. The molecule has 1 unspecified atom stereocenters. The van der Waals surface area contributed by atoms with Gasteiger partial charge >= 0.3 is 0 Å². The Balaban J connectivity index is 2.48. The Hall–Kier alpha value is -2.03. The van der Waals surface area contributed by atoms with Crippen LogP contribution in [-0.4, -0.2) is 15.7 Å². The summed E-state index contributed by atoms with van der Waals surface area (Å²) in [6.45, 7) is 1.83. The highest BCUT2D eigenvalue weighted by Crippen LogP contribution is 2.28. The number of nitrogens with zero attached hydrogens (tertiary/aromatic N) is 3. The minimum Gasteiger partial charge on any atom is -0.365 e. The Morgan fingerprint density at radius 1 is 1.45 bits per heavy atom. The summed E-state index contributed by atoms with van der Waals surface area (Å²) in [5.41, 5.74) is 6.24. The standard InChI is InChI=1S/C13H10Cl2N4O/c1-7(8-2-3-10(14)11(15)4-8)19-12(5-16)9(6-18-19)13(17)20/h2-4,6-7H,1H3,(H2,17,20). The largest absolute Gasteiger partial charge is 0.365 e. The molecule has 0 spiro atoms. The molecule has 1 heterocycles. The van der Waals surface area contributed by atoms with Crippen molar-refractivity contribution in [1.82, 2.24) is 9.78 Å². The van der Waals surface area contributed by atoms with E-state index in [-0.39, 0.29) is 17.3 Å². The van der Waals surface area contributed by atoms with Crippen LogP contribution in [0.25, 0.3) is 0 Å². The van der Waals surface area contributed by atoms with Gasteiger partial charge in [-0.2, -0.15) is 10.4 Å². The molecular weight excluding hydrogens is 299 g/mol. The first-order valence-electron chi connectivity index (χ1n) is 5.68. The Kier molecular flexibility index (Phi) is 3.98. The van der Waals surface area contributed by atoms with Gasteiger partial charge in [0.2, 0.25) is 0 Å². The maximum atomic E-state index is 11.2. The molecule has 0 bridgehead atoms. The average Bonchev–Trinajstić information content (AvgIpc) is 2.84. The number of benzene rings is 1. The van der Waals surface area contributed by atoms with Crippen molar-refractivity contribution in [3.8, 4) is 6.07 Å². The quantitative estimate of drug-likeness (QED) is 0.946. The summed E-state index contributed by atoms with van der Waals surface area (Å²) >= 11 is 11.8. The van der Waals surface area contributed by atoms with Gasteiger partial charge in [-0.25, -0.2) is 4.68 Å². The second kappa shape index (κ2) is 5.53. The fourth-order valence-electron chi connectivity index (χ4n) is 1.86. The molecular formula is C13H10Cl2N4O. The molecule has 1 atom stereocenters. The van der Waals surface area contributed by atoms with E-state index in [1.165, 1.54) is 10.9 Å². The van der Waals surface area contributed by atoms with E-state index in [1.54, 1.807) is 18.2 Å². The van der Waals surface area contributed by atoms with E-state index in [2.05, 4.69) is 5.10 Å². The molecule has 20 heavy (non-hydrogen) atoms. The Morgan fingerprint density at radius 3 is 2.70 bits per heavy atom. The summed E-state index contributed by atoms with van der Waals surface area (Å²) in [5.74, 6) is -0.686. The van der Waals surface area contributed by atoms with Gasteiger partial charge in [0, 0.05) is 0 Å². The molecule has 0 radical (unpaired) electrons. The summed E-state index contributed by atoms with van der Waals surface area (Å²) in [5, 5.41) is 14.1. The summed E-state index contributed by atoms with van der Waals surface area (Å²) in [6.07, 6.45) is 1.29. The minimum atomic E-state index is -0.686. The zero-order valence-corrected chi connectivity index (χ0v) is 12.0. The second-order valence-electron chi connectivity index (χ2n) is 4.18. The Labute approximate surface area is 125 Å². The van der Waals surface area contributed by atoms with Crippen molar-refractivity contribution in [2.24, 2.45) is 5.73 Å². The van der Waals surface area contributed by atoms with E-state index in [9.17, 15) is 4.79 Å². The zero-order chi connectivity index (χ0) is 14.9. The summed E-state index contributed by atoms with van der Waals surface area (Å²) < 4.78 is 1.43. The second-order valence-corrected chi connectivity index (χ2v) is 4.99. The van der Waals surface area contributed by atoms with Crippen LogP contribution in [0.2, 0.25) is 10.0 Å². The summed E-state index contributed by atoms with van der Waals surface area (Å²) in [7, 11) is 0. The Bertz CT molecular complexity index is 718. The van der Waals surface area contributed by atoms with Crippen LogP contribution in [0.1, 0.15) is 34.6 Å². The van der Waals surface area contributed by atoms with Gasteiger partial charge in [-0.1, -0.05) is 29.3 Å². The van der Waals surface area contributed by atoms with Gasteiger partial charge in [-0.15, -0.1) is 0 Å². The summed E-state index contributed by atoms with van der Waals surface area (Å²) in [6, 6.07) is 6.80. The molecule has 1 amide bonds. The van der Waals surface area contributed by atoms with Crippen LogP contribution in [-0.2, 0) is 0 Å². The van der Waals surface area contributed by atoms with Crippen LogP contribution in [0.3, 0.4) is 0 Å². The molecule has 5 nitrogen and oxygen atoms in total. The number of nitrogens with two attached hydrogens (primary N) is 1. The average molecular weight is 309 g/mol. The molecule has 7 heteroatoms. The number of primary amides is 1. The van der Waals surface area contributed by atoms with Gasteiger partial charge in [0.05, 0.1) is 27.8 Å². The fraction of sp³-hybridized carbons (Fsp3) is 0.154. The van der Waals surface area contributed by atoms with Crippen LogP contribution in [0.4, 0.5) is 0 Å². The lowest BCUT2D eigenvalue weighted by atomic mass is 10.1. The molecule has 0 aliphatic carbocycles. The zero-order valence-electron chi connectivity index (χ0n) is 10.5. The van der Waals surface area contributed by atoms with Crippen molar-refractivity contribution < 1.29 is 4.79 Å². The number of hydrogen-bond donors (Lipinski definition) is 1. The number of halogens is 2. The van der Waals surface area contributed by atoms with E-state index in [0.29, 0.717) is 10.0 Å². The van der Waals surface area contributed by atoms with Crippen LogP contribution in [0.5, 0.6) is 0 Å². The number of hydrogen-bond acceptors (Lipinski definition) is 3. The molecule has 102 valence electrons. The highest BCUT2D eigenvalue weighted by atomic mass is 35.5. The lowest BCUT2D eigenvalue weighted by molar-refractivity contribution is 0.1000. The molecule has 2 aromatic rings. The van der Waals surface area contributed by atoms with Crippen molar-refractivity contribution in [2.75, 3.05) is 0 Å². The Morgan fingerprint density at radius 2 is 2.15 bits per heavy atom. The molecule has 0 saturated carbocycles. The number of nitriles is 1. The highest BCUT2D eigenvalue weighted by molar-refractivity contribution is 6.42. The first kappa shape index (κ1) is 14.4. The molecule has 0 aliphatic rings. The first-order valence-corrected chi connectivity index (χ1v) is 6.43. The molecule has 0 fully saturated rings. The smallest absolute Gasteiger partial charge is 0.253 e. The van der Waals surface area contributed by atoms with Gasteiger partial charge in [-0.05, 0) is 24.6 Å². The molecule has 0 saturated heterocycles. The highest BCUT2D eigenvalue weighted by Gasteiger charge is 2.19. The number of carbonyl (C=O) groups is 1. The predicted molar refractivity (Wildman–Crippen MR) is 75.7 cm³/mol. The topological polar surface area (TPSA) is 84.7 Å². The molecule has 2 N–H and O–H groups in total. The van der Waals surface area contributed by atoms with Gasteiger partial charge in [0.1, 0.15) is 6.07 Å². The molecule has 2 rings (SSSR count). The van der Waals surface area contributed by atoms with Crippen molar-refractivity contribution in [1.29, 1.82) is 5.26 Å². The molecule has 1 aromatic carbocycles. The fourth-order valence-corrected chi connectivity index (χ4v) is 2.17. The van der Waals surface area contributed by atoms with Gasteiger partial charge in [0.15, 0.2) is 5.69 Å². The van der Waals surface area contributed by atoms with Gasteiger partial charge < -0.3 is 5.73 Å².